The number of benzene rings is 2. The smallest absolute Gasteiger partial charge is 0.248 e. The van der Waals surface area contributed by atoms with Gasteiger partial charge in [-0.25, -0.2) is 8.42 Å². The average molecular weight is 488 g/mol. The first-order valence-corrected chi connectivity index (χ1v) is 12.8. The van der Waals surface area contributed by atoms with E-state index < -0.39 is 10.0 Å². The molecule has 0 saturated carbocycles. The van der Waals surface area contributed by atoms with Crippen molar-refractivity contribution in [2.45, 2.75) is 25.7 Å². The number of sulfonamides is 1. The highest BCUT2D eigenvalue weighted by Gasteiger charge is 2.27. The van der Waals surface area contributed by atoms with Gasteiger partial charge in [0.05, 0.1) is 36.6 Å². The predicted molar refractivity (Wildman–Crippen MR) is 135 cm³/mol. The molecule has 0 radical (unpaired) electrons. The highest BCUT2D eigenvalue weighted by molar-refractivity contribution is 7.89. The molecule has 9 heteroatoms. The fourth-order valence-corrected chi connectivity index (χ4v) is 5.31. The summed E-state index contributed by atoms with van der Waals surface area (Å²) in [4.78, 5) is 15.1. The Kier molecular flexibility index (Phi) is 8.71. The molecule has 3 rings (SSSR count). The predicted octanol–water partition coefficient (Wildman–Crippen LogP) is 3.52. The molecule has 0 aliphatic carbocycles. The number of hydrogen-bond acceptors (Lipinski definition) is 6. The van der Waals surface area contributed by atoms with Crippen LogP contribution in [0.2, 0.25) is 0 Å². The van der Waals surface area contributed by atoms with E-state index in [0.717, 1.165) is 16.8 Å². The maximum absolute atomic E-state index is 13.2. The van der Waals surface area contributed by atoms with Crippen LogP contribution in [0.5, 0.6) is 5.75 Å². The molecular formula is C25H33N3O5S. The van der Waals surface area contributed by atoms with E-state index in [1.54, 1.807) is 25.3 Å². The van der Waals surface area contributed by atoms with Gasteiger partial charge in [-0.15, -0.1) is 0 Å². The van der Waals surface area contributed by atoms with Crippen LogP contribution in [-0.4, -0.2) is 65.1 Å². The maximum atomic E-state index is 13.2. The van der Waals surface area contributed by atoms with Crippen LogP contribution in [0.25, 0.3) is 6.08 Å². The van der Waals surface area contributed by atoms with Gasteiger partial charge in [-0.3, -0.25) is 4.79 Å². The monoisotopic (exact) mass is 487 g/mol. The van der Waals surface area contributed by atoms with Gasteiger partial charge in [0.25, 0.3) is 0 Å². The molecule has 34 heavy (non-hydrogen) atoms. The molecule has 184 valence electrons. The van der Waals surface area contributed by atoms with Crippen molar-refractivity contribution < 1.29 is 22.7 Å². The van der Waals surface area contributed by atoms with E-state index in [-0.39, 0.29) is 10.8 Å². The highest BCUT2D eigenvalue weighted by Crippen LogP contribution is 2.31. The zero-order valence-corrected chi connectivity index (χ0v) is 21.0. The lowest BCUT2D eigenvalue weighted by Crippen LogP contribution is -2.40. The summed E-state index contributed by atoms with van der Waals surface area (Å²) < 4.78 is 38.4. The number of carbonyl (C=O) groups excluding carboxylic acids is 1. The van der Waals surface area contributed by atoms with Gasteiger partial charge in [-0.2, -0.15) is 4.31 Å². The quantitative estimate of drug-likeness (QED) is 0.545. The highest BCUT2D eigenvalue weighted by atomic mass is 32.2. The van der Waals surface area contributed by atoms with E-state index in [2.05, 4.69) is 10.2 Å². The van der Waals surface area contributed by atoms with Gasteiger partial charge in [0, 0.05) is 37.8 Å². The number of carbonyl (C=O) groups is 1. The maximum Gasteiger partial charge on any atom is 0.248 e. The molecule has 1 fully saturated rings. The van der Waals surface area contributed by atoms with Gasteiger partial charge in [0.15, 0.2) is 0 Å². The number of methoxy groups -OCH3 is 1. The molecule has 0 aromatic heterocycles. The van der Waals surface area contributed by atoms with Crippen LogP contribution in [0.4, 0.5) is 11.4 Å². The zero-order valence-electron chi connectivity index (χ0n) is 20.2. The van der Waals surface area contributed by atoms with Crippen LogP contribution in [0.3, 0.4) is 0 Å². The Hall–Kier alpha value is -2.88. The lowest BCUT2D eigenvalue weighted by Gasteiger charge is -2.28. The third kappa shape index (κ3) is 5.97. The molecule has 8 nitrogen and oxygen atoms in total. The van der Waals surface area contributed by atoms with Crippen LogP contribution in [0.1, 0.15) is 25.0 Å². The summed E-state index contributed by atoms with van der Waals surface area (Å²) in [6, 6.07) is 10.6. The van der Waals surface area contributed by atoms with Crippen LogP contribution < -0.4 is 15.0 Å². The summed E-state index contributed by atoms with van der Waals surface area (Å²) in [5.41, 5.74) is 3.04. The van der Waals surface area contributed by atoms with E-state index in [9.17, 15) is 13.2 Å². The SMILES string of the molecule is CCN(CC)c1ccc(S(=O)(=O)N2CCOCC2)cc1NC(=O)/C=C/c1cc(C)ccc1OC. The third-order valence-corrected chi connectivity index (χ3v) is 7.63. The number of hydrogen-bond donors (Lipinski definition) is 1. The molecule has 1 heterocycles. The summed E-state index contributed by atoms with van der Waals surface area (Å²) in [5, 5.41) is 2.88. The molecule has 0 bridgehead atoms. The molecule has 1 aliphatic rings. The van der Waals surface area contributed by atoms with Crippen molar-refractivity contribution in [3.63, 3.8) is 0 Å². The van der Waals surface area contributed by atoms with Crippen LogP contribution >= 0.6 is 0 Å². The number of ether oxygens (including phenoxy) is 2. The first kappa shape index (κ1) is 25.7. The van der Waals surface area contributed by atoms with Crippen LogP contribution in [0, 0.1) is 6.92 Å². The Bertz CT molecular complexity index is 1140. The van der Waals surface area contributed by atoms with E-state index in [4.69, 9.17) is 9.47 Å². The Labute approximate surface area is 202 Å². The number of morpholine rings is 1. The average Bonchev–Trinajstić information content (AvgIpc) is 2.85. The number of rotatable bonds is 9. The molecule has 0 unspecified atom stereocenters. The van der Waals surface area contributed by atoms with Gasteiger partial charge < -0.3 is 19.7 Å². The van der Waals surface area contributed by atoms with Crippen molar-refractivity contribution in [3.05, 3.63) is 53.6 Å². The van der Waals surface area contributed by atoms with Crippen LogP contribution in [0.15, 0.2) is 47.4 Å². The van der Waals surface area contributed by atoms with Crippen LogP contribution in [-0.2, 0) is 19.6 Å². The Morgan fingerprint density at radius 2 is 1.85 bits per heavy atom. The summed E-state index contributed by atoms with van der Waals surface area (Å²) in [6.07, 6.45) is 3.11. The Morgan fingerprint density at radius 3 is 2.50 bits per heavy atom. The second-order valence-corrected chi connectivity index (χ2v) is 9.87. The largest absolute Gasteiger partial charge is 0.496 e. The lowest BCUT2D eigenvalue weighted by molar-refractivity contribution is -0.111. The van der Waals surface area contributed by atoms with Crippen molar-refractivity contribution >= 4 is 33.4 Å². The van der Waals surface area contributed by atoms with Crippen molar-refractivity contribution in [2.24, 2.45) is 0 Å². The van der Waals surface area contributed by atoms with E-state index in [1.807, 2.05) is 39.0 Å². The Morgan fingerprint density at radius 1 is 1.15 bits per heavy atom. The molecule has 2 aromatic carbocycles. The minimum absolute atomic E-state index is 0.143. The minimum Gasteiger partial charge on any atom is -0.496 e. The minimum atomic E-state index is -3.70. The molecule has 1 N–H and O–H groups in total. The molecule has 0 atom stereocenters. The van der Waals surface area contributed by atoms with Crippen molar-refractivity contribution in [2.75, 3.05) is 56.7 Å². The van der Waals surface area contributed by atoms with Gasteiger partial charge in [-0.05, 0) is 57.2 Å². The Balaban J connectivity index is 1.92. The van der Waals surface area contributed by atoms with E-state index in [0.29, 0.717) is 50.8 Å². The number of nitrogens with one attached hydrogen (secondary N) is 1. The summed E-state index contributed by atoms with van der Waals surface area (Å²) >= 11 is 0. The number of anilines is 2. The molecule has 0 spiro atoms. The second-order valence-electron chi connectivity index (χ2n) is 7.94. The molecule has 1 saturated heterocycles. The zero-order chi connectivity index (χ0) is 24.7. The van der Waals surface area contributed by atoms with Gasteiger partial charge in [0.1, 0.15) is 5.75 Å². The summed E-state index contributed by atoms with van der Waals surface area (Å²) in [7, 11) is -2.11. The number of nitrogens with zero attached hydrogens (tertiary/aromatic N) is 2. The standard InChI is InChI=1S/C25H33N3O5S/c1-5-27(6-2)23-10-9-21(34(30,31)28-13-15-33-16-14-28)18-22(23)26-25(29)12-8-20-17-19(3)7-11-24(20)32-4/h7-12,17-18H,5-6,13-16H2,1-4H3,(H,26,29)/b12-8+. The van der Waals surface area contributed by atoms with Crippen molar-refractivity contribution in [3.8, 4) is 5.75 Å². The topological polar surface area (TPSA) is 88.2 Å². The van der Waals surface area contributed by atoms with Crippen molar-refractivity contribution in [1.29, 1.82) is 0 Å². The fourth-order valence-electron chi connectivity index (χ4n) is 3.88. The first-order valence-electron chi connectivity index (χ1n) is 11.4. The summed E-state index contributed by atoms with van der Waals surface area (Å²) in [6.45, 7) is 8.77. The molecule has 1 aliphatic heterocycles. The molecule has 2 aromatic rings. The first-order chi connectivity index (χ1) is 16.3. The number of aryl methyl sites for hydroxylation is 1. The molecular weight excluding hydrogens is 454 g/mol. The summed E-state index contributed by atoms with van der Waals surface area (Å²) in [5.74, 6) is 0.301. The van der Waals surface area contributed by atoms with Gasteiger partial charge in [0.2, 0.25) is 15.9 Å². The normalized spacial score (nSPS) is 14.8. The van der Waals surface area contributed by atoms with Crippen molar-refractivity contribution in [1.82, 2.24) is 4.31 Å². The second kappa shape index (κ2) is 11.5. The third-order valence-electron chi connectivity index (χ3n) is 5.74. The molecule has 1 amide bonds. The number of amides is 1. The van der Waals surface area contributed by atoms with E-state index >= 15 is 0 Å². The van der Waals surface area contributed by atoms with E-state index in [1.165, 1.54) is 16.4 Å². The van der Waals surface area contributed by atoms with Gasteiger partial charge >= 0.3 is 0 Å². The lowest BCUT2D eigenvalue weighted by atomic mass is 10.1. The fraction of sp³-hybridized carbons (Fsp3) is 0.400. The van der Waals surface area contributed by atoms with Gasteiger partial charge in [-0.1, -0.05) is 11.6 Å².